The molecule has 2 unspecified atom stereocenters. The Hall–Kier alpha value is 3.69. The van der Waals surface area contributed by atoms with Crippen molar-refractivity contribution in [3.8, 4) is 0 Å². The van der Waals surface area contributed by atoms with Crippen molar-refractivity contribution >= 4 is 120 Å². The molecule has 1 aliphatic carbocycles. The van der Waals surface area contributed by atoms with E-state index in [1.807, 2.05) is 144 Å². The molecule has 0 aliphatic heterocycles. The van der Waals surface area contributed by atoms with E-state index in [1.54, 1.807) is 0 Å². The van der Waals surface area contributed by atoms with Crippen LogP contribution < -0.4 is 0 Å². The summed E-state index contributed by atoms with van der Waals surface area (Å²) >= 11 is 0. The normalized spacial score (nSPS) is 17.6. The molecule has 46 heavy (non-hydrogen) atoms. The van der Waals surface area contributed by atoms with Gasteiger partial charge >= 0.3 is 17.6 Å². The zero-order valence-electron chi connectivity index (χ0n) is 28.8. The Morgan fingerprint density at radius 1 is 0.435 bits per heavy atom. The minimum atomic E-state index is -2.49. The van der Waals surface area contributed by atoms with Gasteiger partial charge in [-0.1, -0.05) is 68.9 Å². The van der Waals surface area contributed by atoms with Gasteiger partial charge in [0.05, 0.1) is 0 Å². The van der Waals surface area contributed by atoms with Crippen molar-refractivity contribution in [3.05, 3.63) is 0 Å². The van der Waals surface area contributed by atoms with Crippen LogP contribution in [0.3, 0.4) is 0 Å². The Morgan fingerprint density at radius 3 is 1.04 bits per heavy atom. The van der Waals surface area contributed by atoms with Crippen molar-refractivity contribution in [3.63, 3.8) is 0 Å². The van der Waals surface area contributed by atoms with E-state index in [1.165, 1.54) is 50.0 Å². The summed E-state index contributed by atoms with van der Waals surface area (Å²) in [6, 6.07) is 1.81. The average molecular weight is 870 g/mol. The molecule has 276 valence electrons. The maximum absolute atomic E-state index is 5.97. The molecule has 6 nitrogen and oxygen atoms in total. The Balaban J connectivity index is 2.08. The predicted octanol–water partition coefficient (Wildman–Crippen LogP) is 13.1. The van der Waals surface area contributed by atoms with Gasteiger partial charge in [0.25, 0.3) is 0 Å². The van der Waals surface area contributed by atoms with Crippen LogP contribution in [0.2, 0.25) is 12.1 Å². The van der Waals surface area contributed by atoms with E-state index in [-0.39, 0.29) is 0 Å². The first-order valence-corrected chi connectivity index (χ1v) is 33.7. The van der Waals surface area contributed by atoms with Crippen LogP contribution in [0.15, 0.2) is 0 Å². The van der Waals surface area contributed by atoms with E-state index in [0.717, 1.165) is 48.3 Å². The Morgan fingerprint density at radius 2 is 0.739 bits per heavy atom. The zero-order valence-corrected chi connectivity index (χ0v) is 39.0. The number of hydrogen-bond donors (Lipinski definition) is 0. The zero-order chi connectivity index (χ0) is 33.6. The maximum atomic E-state index is 5.97. The molecule has 0 aromatic heterocycles. The maximum Gasteiger partial charge on any atom is 0.500 e. The van der Waals surface area contributed by atoms with E-state index >= 15 is 0 Å². The second kappa shape index (κ2) is 33.3. The lowest BCUT2D eigenvalue weighted by atomic mass is 9.76. The topological polar surface area (TPSA) is 55.4 Å². The standard InChI is InChI=1S/C28H60O6S10Si2/c1-7-29-45(30-8-2,31-9-3)25-15-21-35-39-43-41-37-23-19-27-17-13-14-18-28(27)20-24-38-42-44-40-36-22-16-26-46(32-10-4,33-11-5)34-12-6/h27-28H,7-26H2,1-6H3. The molecule has 0 aromatic carbocycles. The van der Waals surface area contributed by atoms with Crippen LogP contribution >= 0.6 is 102 Å². The summed E-state index contributed by atoms with van der Waals surface area (Å²) in [6.07, 6.45) is 10.6. The largest absolute Gasteiger partial charge is 0.500 e. The highest BCUT2D eigenvalue weighted by molar-refractivity contribution is 9.36. The molecule has 0 aromatic rings. The average Bonchev–Trinajstić information content (AvgIpc) is 3.04. The van der Waals surface area contributed by atoms with Gasteiger partial charge < -0.3 is 26.6 Å². The highest BCUT2D eigenvalue weighted by Gasteiger charge is 2.40. The SMILES string of the molecule is CCO[Si](CCCSSSSSCCC1CCCCC1CCSSSSSCCC[Si](OCC)(OCC)OCC)(OCC)OCC. The molecule has 0 N–H and O–H groups in total. The molecule has 0 spiro atoms. The van der Waals surface area contributed by atoms with Crippen LogP contribution in [0.4, 0.5) is 0 Å². The summed E-state index contributed by atoms with van der Waals surface area (Å²) < 4.78 is 35.8. The second-order valence-corrected chi connectivity index (χ2v) is 31.7. The van der Waals surface area contributed by atoms with Crippen LogP contribution in [0, 0.1) is 11.8 Å². The first-order valence-electron chi connectivity index (χ1n) is 16.9. The monoisotopic (exact) mass is 868 g/mol. The van der Waals surface area contributed by atoms with Crippen molar-refractivity contribution in [1.82, 2.24) is 0 Å². The highest BCUT2D eigenvalue weighted by atomic mass is 33.8. The number of rotatable bonds is 34. The molecule has 1 rings (SSSR count). The minimum Gasteiger partial charge on any atom is -0.374 e. The molecule has 0 radical (unpaired) electrons. The van der Waals surface area contributed by atoms with Gasteiger partial charge in [-0.05, 0) is 138 Å². The van der Waals surface area contributed by atoms with Gasteiger partial charge in [-0.25, -0.2) is 0 Å². The van der Waals surface area contributed by atoms with E-state index in [9.17, 15) is 0 Å². The Labute approximate surface area is 322 Å². The summed E-state index contributed by atoms with van der Waals surface area (Å²) in [4.78, 5) is 0. The molecule has 0 heterocycles. The summed E-state index contributed by atoms with van der Waals surface area (Å²) in [5.41, 5.74) is 0. The molecule has 1 fully saturated rings. The molecule has 1 saturated carbocycles. The summed E-state index contributed by atoms with van der Waals surface area (Å²) in [5.74, 6) is 6.57. The van der Waals surface area contributed by atoms with Crippen molar-refractivity contribution < 1.29 is 26.6 Å². The van der Waals surface area contributed by atoms with Gasteiger partial charge in [-0.15, -0.1) is 0 Å². The third kappa shape index (κ3) is 23.4. The van der Waals surface area contributed by atoms with E-state index in [0.29, 0.717) is 39.6 Å². The second-order valence-electron chi connectivity index (χ2n) is 10.2. The van der Waals surface area contributed by atoms with Gasteiger partial charge in [0.2, 0.25) is 0 Å². The van der Waals surface area contributed by atoms with E-state index < -0.39 is 17.6 Å². The summed E-state index contributed by atoms with van der Waals surface area (Å²) in [7, 11) is 14.5. The van der Waals surface area contributed by atoms with Gasteiger partial charge in [0.1, 0.15) is 0 Å². The van der Waals surface area contributed by atoms with Crippen molar-refractivity contribution in [2.75, 3.05) is 62.7 Å². The van der Waals surface area contributed by atoms with Crippen molar-refractivity contribution in [1.29, 1.82) is 0 Å². The van der Waals surface area contributed by atoms with Crippen LogP contribution in [-0.2, 0) is 26.6 Å². The highest BCUT2D eigenvalue weighted by Crippen LogP contribution is 2.51. The van der Waals surface area contributed by atoms with Crippen LogP contribution in [0.5, 0.6) is 0 Å². The summed E-state index contributed by atoms with van der Waals surface area (Å²) in [5, 5.41) is 0. The van der Waals surface area contributed by atoms with Crippen LogP contribution in [-0.4, -0.2) is 80.3 Å². The van der Waals surface area contributed by atoms with Gasteiger partial charge in [0.15, 0.2) is 0 Å². The Bertz CT molecular complexity index is 598. The molecule has 18 heteroatoms. The van der Waals surface area contributed by atoms with Gasteiger partial charge in [-0.3, -0.25) is 0 Å². The fourth-order valence-corrected chi connectivity index (χ4v) is 29.0. The lowest BCUT2D eigenvalue weighted by Gasteiger charge is -2.31. The molecular formula is C28H60O6S10Si2. The quantitative estimate of drug-likeness (QED) is 0.0350. The third-order valence-corrected chi connectivity index (χ3v) is 31.0. The fraction of sp³-hybridized carbons (Fsp3) is 1.00. The molecule has 0 bridgehead atoms. The molecule has 0 amide bonds. The third-order valence-electron chi connectivity index (χ3n) is 7.12. The number of hydrogen-bond acceptors (Lipinski definition) is 16. The van der Waals surface area contributed by atoms with Crippen LogP contribution in [0.1, 0.15) is 92.9 Å². The van der Waals surface area contributed by atoms with E-state index in [4.69, 9.17) is 26.6 Å². The van der Waals surface area contributed by atoms with Gasteiger partial charge in [-0.2, -0.15) is 0 Å². The van der Waals surface area contributed by atoms with Gasteiger partial charge in [0, 0.05) is 74.7 Å². The predicted molar refractivity (Wildman–Crippen MR) is 230 cm³/mol. The fourth-order valence-electron chi connectivity index (χ4n) is 5.38. The Kier molecular flexibility index (Phi) is 34.5. The molecule has 2 atom stereocenters. The lowest BCUT2D eigenvalue weighted by Crippen LogP contribution is -2.46. The smallest absolute Gasteiger partial charge is 0.374 e. The lowest BCUT2D eigenvalue weighted by molar-refractivity contribution is 0.0704. The summed E-state index contributed by atoms with van der Waals surface area (Å²) in [6.45, 7) is 16.1. The first-order chi connectivity index (χ1) is 22.5. The first kappa shape index (κ1) is 47.7. The van der Waals surface area contributed by atoms with Crippen LogP contribution in [0.25, 0.3) is 0 Å². The van der Waals surface area contributed by atoms with E-state index in [2.05, 4.69) is 0 Å². The van der Waals surface area contributed by atoms with Crippen molar-refractivity contribution in [2.45, 2.75) is 105 Å². The minimum absolute atomic E-state index is 0.653. The molecule has 0 saturated heterocycles. The molecule has 1 aliphatic rings. The van der Waals surface area contributed by atoms with Crippen molar-refractivity contribution in [2.24, 2.45) is 11.8 Å². The molecular weight excluding hydrogens is 809 g/mol.